The van der Waals surface area contributed by atoms with Gasteiger partial charge in [-0.3, -0.25) is 0 Å². The lowest BCUT2D eigenvalue weighted by Crippen LogP contribution is -2.33. The van der Waals surface area contributed by atoms with Gasteiger partial charge in [-0.15, -0.1) is 0 Å². The second-order valence-corrected chi connectivity index (χ2v) is 7.84. The van der Waals surface area contributed by atoms with Gasteiger partial charge in [-0.25, -0.2) is 9.97 Å². The van der Waals surface area contributed by atoms with Gasteiger partial charge in [0.05, 0.1) is 0 Å². The number of nitriles is 1. The molecule has 0 aliphatic heterocycles. The van der Waals surface area contributed by atoms with Gasteiger partial charge in [-0.2, -0.15) is 5.26 Å². The summed E-state index contributed by atoms with van der Waals surface area (Å²) in [5, 5.41) is 9.17. The Balaban J connectivity index is 1.91. The molecular weight excluding hydrogens is 332 g/mol. The van der Waals surface area contributed by atoms with Crippen molar-refractivity contribution in [1.82, 2.24) is 9.97 Å². The van der Waals surface area contributed by atoms with Crippen LogP contribution in [0, 0.1) is 16.7 Å². The van der Waals surface area contributed by atoms with Crippen LogP contribution < -0.4 is 4.90 Å². The Morgan fingerprint density at radius 2 is 1.70 bits per heavy atom. The van der Waals surface area contributed by atoms with Crippen molar-refractivity contribution in [3.8, 4) is 17.2 Å². The number of aromatic nitrogens is 2. The zero-order valence-electron chi connectivity index (χ0n) is 16.1. The van der Waals surface area contributed by atoms with Crippen LogP contribution in [0.2, 0.25) is 0 Å². The van der Waals surface area contributed by atoms with Crippen LogP contribution in [-0.4, -0.2) is 16.5 Å². The molecule has 0 saturated carbocycles. The molecule has 136 valence electrons. The number of rotatable bonds is 5. The molecule has 4 nitrogen and oxygen atoms in total. The Morgan fingerprint density at radius 3 is 2.41 bits per heavy atom. The average Bonchev–Trinajstić information content (AvgIpc) is 2.67. The minimum Gasteiger partial charge on any atom is -0.336 e. The molecule has 27 heavy (non-hydrogen) atoms. The second-order valence-electron chi connectivity index (χ2n) is 7.84. The summed E-state index contributed by atoms with van der Waals surface area (Å²) in [6.45, 7) is 8.04. The van der Waals surface area contributed by atoms with E-state index < -0.39 is 0 Å². The Morgan fingerprint density at radius 1 is 0.963 bits per heavy atom. The van der Waals surface area contributed by atoms with Crippen LogP contribution in [0.1, 0.15) is 32.0 Å². The van der Waals surface area contributed by atoms with Crippen LogP contribution in [0.3, 0.4) is 0 Å². The summed E-state index contributed by atoms with van der Waals surface area (Å²) in [5.41, 5.74) is 4.03. The second kappa shape index (κ2) is 8.01. The molecule has 3 rings (SSSR count). The monoisotopic (exact) mass is 356 g/mol. The van der Waals surface area contributed by atoms with E-state index in [-0.39, 0.29) is 5.41 Å². The molecule has 0 unspecified atom stereocenters. The fourth-order valence-corrected chi connectivity index (χ4v) is 3.03. The zero-order chi connectivity index (χ0) is 19.3. The van der Waals surface area contributed by atoms with E-state index in [1.54, 1.807) is 12.3 Å². The van der Waals surface area contributed by atoms with Crippen LogP contribution in [-0.2, 0) is 6.54 Å². The highest BCUT2D eigenvalue weighted by molar-refractivity contribution is 5.64. The summed E-state index contributed by atoms with van der Waals surface area (Å²) >= 11 is 0. The Bertz CT molecular complexity index is 936. The minimum absolute atomic E-state index is 0.0725. The molecule has 0 atom stereocenters. The number of anilines is 1. The maximum Gasteiger partial charge on any atom is 0.226 e. The number of hydrogen-bond donors (Lipinski definition) is 0. The average molecular weight is 356 g/mol. The summed E-state index contributed by atoms with van der Waals surface area (Å²) in [6, 6.07) is 22.6. The first-order valence-corrected chi connectivity index (χ1v) is 9.07. The highest BCUT2D eigenvalue weighted by Crippen LogP contribution is 2.24. The van der Waals surface area contributed by atoms with Gasteiger partial charge in [-0.05, 0) is 34.2 Å². The molecule has 3 aromatic rings. The van der Waals surface area contributed by atoms with Crippen molar-refractivity contribution in [2.45, 2.75) is 27.3 Å². The zero-order valence-corrected chi connectivity index (χ0v) is 16.1. The molecule has 0 aliphatic rings. The van der Waals surface area contributed by atoms with Crippen molar-refractivity contribution in [1.29, 1.82) is 5.26 Å². The van der Waals surface area contributed by atoms with Crippen molar-refractivity contribution >= 4 is 5.95 Å². The maximum absolute atomic E-state index is 9.17. The summed E-state index contributed by atoms with van der Waals surface area (Å²) in [4.78, 5) is 11.0. The van der Waals surface area contributed by atoms with E-state index in [0.717, 1.165) is 6.54 Å². The van der Waals surface area contributed by atoms with Crippen LogP contribution in [0.25, 0.3) is 11.1 Å². The lowest BCUT2D eigenvalue weighted by Gasteiger charge is -2.30. The Labute approximate surface area is 161 Å². The van der Waals surface area contributed by atoms with Gasteiger partial charge < -0.3 is 4.90 Å². The van der Waals surface area contributed by atoms with Gasteiger partial charge in [0.25, 0.3) is 0 Å². The normalized spacial score (nSPS) is 11.0. The van der Waals surface area contributed by atoms with Crippen molar-refractivity contribution in [2.24, 2.45) is 5.41 Å². The van der Waals surface area contributed by atoms with Crippen molar-refractivity contribution in [3.05, 3.63) is 78.1 Å². The smallest absolute Gasteiger partial charge is 0.226 e. The third-order valence-corrected chi connectivity index (χ3v) is 4.11. The largest absolute Gasteiger partial charge is 0.336 e. The van der Waals surface area contributed by atoms with E-state index in [4.69, 9.17) is 5.26 Å². The topological polar surface area (TPSA) is 52.8 Å². The molecule has 0 N–H and O–H groups in total. The van der Waals surface area contributed by atoms with E-state index in [1.165, 1.54) is 16.7 Å². The van der Waals surface area contributed by atoms with Crippen LogP contribution in [0.15, 0.2) is 66.9 Å². The molecular formula is C23H24N4. The fraction of sp³-hybridized carbons (Fsp3) is 0.261. The lowest BCUT2D eigenvalue weighted by atomic mass is 9.95. The number of hydrogen-bond acceptors (Lipinski definition) is 4. The van der Waals surface area contributed by atoms with E-state index in [9.17, 15) is 0 Å². The molecule has 0 saturated heterocycles. The summed E-state index contributed by atoms with van der Waals surface area (Å²) in [7, 11) is 0. The van der Waals surface area contributed by atoms with Crippen molar-refractivity contribution < 1.29 is 0 Å². The molecule has 1 aromatic heterocycles. The molecule has 0 aliphatic carbocycles. The Kier molecular flexibility index (Phi) is 5.52. The first-order valence-electron chi connectivity index (χ1n) is 9.07. The molecule has 0 bridgehead atoms. The molecule has 0 amide bonds. The van der Waals surface area contributed by atoms with Gasteiger partial charge in [0, 0.05) is 19.3 Å². The molecule has 0 radical (unpaired) electrons. The van der Waals surface area contributed by atoms with Gasteiger partial charge in [-0.1, -0.05) is 69.3 Å². The summed E-state index contributed by atoms with van der Waals surface area (Å²) in [6.07, 6.45) is 1.65. The highest BCUT2D eigenvalue weighted by Gasteiger charge is 2.19. The van der Waals surface area contributed by atoms with E-state index in [0.29, 0.717) is 18.2 Å². The minimum atomic E-state index is 0.0725. The Hall–Kier alpha value is -3.19. The fourth-order valence-electron chi connectivity index (χ4n) is 3.03. The molecule has 4 heteroatoms. The maximum atomic E-state index is 9.17. The van der Waals surface area contributed by atoms with Gasteiger partial charge >= 0.3 is 0 Å². The van der Waals surface area contributed by atoms with E-state index >= 15 is 0 Å². The molecule has 2 aromatic carbocycles. The van der Waals surface area contributed by atoms with E-state index in [1.807, 2.05) is 6.07 Å². The first-order chi connectivity index (χ1) is 12.9. The third-order valence-electron chi connectivity index (χ3n) is 4.11. The quantitative estimate of drug-likeness (QED) is 0.640. The first kappa shape index (κ1) is 18.6. The predicted octanol–water partition coefficient (Wildman–Crippen LogP) is 5.07. The van der Waals surface area contributed by atoms with Crippen LogP contribution >= 0.6 is 0 Å². The summed E-state index contributed by atoms with van der Waals surface area (Å²) < 4.78 is 0. The molecule has 0 spiro atoms. The third kappa shape index (κ3) is 5.15. The van der Waals surface area contributed by atoms with Crippen molar-refractivity contribution in [3.63, 3.8) is 0 Å². The standard InChI is InChI=1S/C23H24N4/c1-23(2,3)17-27(22-25-13-12-21(15-24)26-22)16-18-8-7-11-20(14-18)19-9-5-4-6-10-19/h4-14H,16-17H2,1-3H3. The SMILES string of the molecule is CC(C)(C)CN(Cc1cccc(-c2ccccc2)c1)c1nccc(C#N)n1. The lowest BCUT2D eigenvalue weighted by molar-refractivity contribution is 0.406. The van der Waals surface area contributed by atoms with E-state index in [2.05, 4.69) is 90.2 Å². The van der Waals surface area contributed by atoms with Gasteiger partial charge in [0.2, 0.25) is 5.95 Å². The number of nitrogens with zero attached hydrogens (tertiary/aromatic N) is 4. The predicted molar refractivity (Wildman–Crippen MR) is 109 cm³/mol. The van der Waals surface area contributed by atoms with Crippen LogP contribution in [0.4, 0.5) is 5.95 Å². The molecule has 1 heterocycles. The molecule has 0 fully saturated rings. The number of benzene rings is 2. The summed E-state index contributed by atoms with van der Waals surface area (Å²) in [5.74, 6) is 0.592. The van der Waals surface area contributed by atoms with Gasteiger partial charge in [0.15, 0.2) is 0 Å². The van der Waals surface area contributed by atoms with Crippen LogP contribution in [0.5, 0.6) is 0 Å². The van der Waals surface area contributed by atoms with Crippen molar-refractivity contribution in [2.75, 3.05) is 11.4 Å². The highest BCUT2D eigenvalue weighted by atomic mass is 15.2. The van der Waals surface area contributed by atoms with Gasteiger partial charge in [0.1, 0.15) is 11.8 Å².